The summed E-state index contributed by atoms with van der Waals surface area (Å²) in [6.45, 7) is 0.0960. The van der Waals surface area contributed by atoms with Gasteiger partial charge >= 0.3 is 0 Å². The van der Waals surface area contributed by atoms with E-state index in [1.165, 1.54) is 4.68 Å². The Morgan fingerprint density at radius 3 is 2.58 bits per heavy atom. The number of carbonyl (C=O) groups excluding carboxylic acids is 1. The van der Waals surface area contributed by atoms with E-state index in [1.54, 1.807) is 36.4 Å². The maximum absolute atomic E-state index is 12.4. The predicted octanol–water partition coefficient (Wildman–Crippen LogP) is 2.48. The van der Waals surface area contributed by atoms with Gasteiger partial charge in [-0.2, -0.15) is 0 Å². The van der Waals surface area contributed by atoms with Gasteiger partial charge in [-0.25, -0.2) is 4.68 Å². The lowest BCUT2D eigenvalue weighted by Crippen LogP contribution is -2.31. The van der Waals surface area contributed by atoms with Gasteiger partial charge in [-0.1, -0.05) is 34.1 Å². The van der Waals surface area contributed by atoms with Gasteiger partial charge in [0, 0.05) is 16.6 Å². The third-order valence-corrected chi connectivity index (χ3v) is 4.05. The monoisotopic (exact) mass is 387 g/mol. The van der Waals surface area contributed by atoms with Crippen LogP contribution >= 0.6 is 15.9 Å². The molecule has 0 atom stereocenters. The molecule has 3 aromatic rings. The van der Waals surface area contributed by atoms with Crippen LogP contribution < -0.4 is 16.4 Å². The number of amides is 1. The number of nitrogens with one attached hydrogen (secondary N) is 2. The summed E-state index contributed by atoms with van der Waals surface area (Å²) in [6, 6.07) is 13.8. The Labute approximate surface area is 145 Å². The second-order valence-corrected chi connectivity index (χ2v) is 6.17. The minimum absolute atomic E-state index is 0.0701. The molecule has 0 saturated carbocycles. The van der Waals surface area contributed by atoms with E-state index in [1.807, 2.05) is 12.1 Å². The molecule has 0 bridgehead atoms. The van der Waals surface area contributed by atoms with Crippen molar-refractivity contribution in [3.05, 3.63) is 73.7 Å². The molecule has 6 nitrogen and oxygen atoms in total. The molecule has 0 aliphatic heterocycles. The van der Waals surface area contributed by atoms with Gasteiger partial charge in [0.15, 0.2) is 0 Å². The highest BCUT2D eigenvalue weighted by molar-refractivity contribution is 9.10. The Balaban J connectivity index is 1.76. The molecule has 122 valence electrons. The van der Waals surface area contributed by atoms with Crippen LogP contribution in [0.4, 0.5) is 5.69 Å². The maximum atomic E-state index is 12.4. The Bertz CT molecular complexity index is 1020. The second-order valence-electron chi connectivity index (χ2n) is 5.25. The van der Waals surface area contributed by atoms with Crippen molar-refractivity contribution in [2.45, 2.75) is 13.0 Å². The van der Waals surface area contributed by atoms with Crippen molar-refractivity contribution in [3.63, 3.8) is 0 Å². The molecule has 0 unspecified atom stereocenters. The SMILES string of the molecule is O=C(CCn1[nH]c(=O)c2ccccc2c1=O)Nc1cccc(Br)c1. The number of fused-ring (bicyclic) bond motifs is 1. The first-order valence-corrected chi connectivity index (χ1v) is 8.11. The first-order valence-electron chi connectivity index (χ1n) is 7.32. The average Bonchev–Trinajstić information content (AvgIpc) is 2.57. The third kappa shape index (κ3) is 3.46. The van der Waals surface area contributed by atoms with Crippen LogP contribution in [0.3, 0.4) is 0 Å². The standard InChI is InChI=1S/C17H14BrN3O3/c18-11-4-3-5-12(10-11)19-15(22)8-9-21-17(24)14-7-2-1-6-13(14)16(23)20-21/h1-7,10H,8-9H2,(H,19,22)(H,20,23). The number of H-pyrrole nitrogens is 1. The van der Waals surface area contributed by atoms with E-state index in [4.69, 9.17) is 0 Å². The molecule has 24 heavy (non-hydrogen) atoms. The fourth-order valence-electron chi connectivity index (χ4n) is 2.41. The van der Waals surface area contributed by atoms with Gasteiger partial charge in [0.25, 0.3) is 11.1 Å². The Hall–Kier alpha value is -2.67. The Morgan fingerprint density at radius 1 is 1.08 bits per heavy atom. The molecule has 1 heterocycles. The average molecular weight is 388 g/mol. The van der Waals surface area contributed by atoms with Crippen LogP contribution in [-0.4, -0.2) is 15.7 Å². The molecule has 0 radical (unpaired) electrons. The highest BCUT2D eigenvalue weighted by atomic mass is 79.9. The van der Waals surface area contributed by atoms with Crippen LogP contribution in [0.1, 0.15) is 6.42 Å². The van der Waals surface area contributed by atoms with Crippen molar-refractivity contribution in [1.29, 1.82) is 0 Å². The summed E-state index contributed by atoms with van der Waals surface area (Å²) in [7, 11) is 0. The zero-order valence-electron chi connectivity index (χ0n) is 12.6. The van der Waals surface area contributed by atoms with E-state index in [0.29, 0.717) is 16.5 Å². The van der Waals surface area contributed by atoms with Crippen LogP contribution in [0.5, 0.6) is 0 Å². The zero-order valence-corrected chi connectivity index (χ0v) is 14.2. The van der Waals surface area contributed by atoms with Crippen molar-refractivity contribution in [2.24, 2.45) is 0 Å². The first kappa shape index (κ1) is 16.2. The van der Waals surface area contributed by atoms with E-state index < -0.39 is 0 Å². The number of aromatic amines is 1. The summed E-state index contributed by atoms with van der Waals surface area (Å²) in [5.41, 5.74) is -0.00761. The van der Waals surface area contributed by atoms with E-state index in [-0.39, 0.29) is 30.0 Å². The van der Waals surface area contributed by atoms with Crippen LogP contribution in [0.15, 0.2) is 62.6 Å². The third-order valence-electron chi connectivity index (χ3n) is 3.55. The summed E-state index contributed by atoms with van der Waals surface area (Å²) < 4.78 is 2.03. The van der Waals surface area contributed by atoms with Gasteiger partial charge in [0.2, 0.25) is 5.91 Å². The largest absolute Gasteiger partial charge is 0.326 e. The molecule has 0 fully saturated rings. The summed E-state index contributed by atoms with van der Waals surface area (Å²) in [5, 5.41) is 5.94. The number of carbonyl (C=O) groups is 1. The van der Waals surface area contributed by atoms with Gasteiger partial charge in [-0.3, -0.25) is 19.5 Å². The maximum Gasteiger partial charge on any atom is 0.273 e. The second kappa shape index (κ2) is 6.84. The molecule has 1 aromatic heterocycles. The molecule has 2 aromatic carbocycles. The molecule has 0 spiro atoms. The van der Waals surface area contributed by atoms with E-state index in [9.17, 15) is 14.4 Å². The quantitative estimate of drug-likeness (QED) is 0.720. The Kier molecular flexibility index (Phi) is 4.61. The summed E-state index contributed by atoms with van der Waals surface area (Å²) >= 11 is 3.33. The Morgan fingerprint density at radius 2 is 1.83 bits per heavy atom. The first-order chi connectivity index (χ1) is 11.5. The van der Waals surface area contributed by atoms with Crippen molar-refractivity contribution in [2.75, 3.05) is 5.32 Å². The van der Waals surface area contributed by atoms with Gasteiger partial charge in [-0.15, -0.1) is 0 Å². The number of benzene rings is 2. The lowest BCUT2D eigenvalue weighted by Gasteiger charge is -2.08. The van der Waals surface area contributed by atoms with Crippen molar-refractivity contribution in [1.82, 2.24) is 9.78 Å². The zero-order chi connectivity index (χ0) is 17.1. The number of hydrogen-bond acceptors (Lipinski definition) is 3. The number of anilines is 1. The van der Waals surface area contributed by atoms with Gasteiger partial charge < -0.3 is 5.32 Å². The van der Waals surface area contributed by atoms with E-state index in [0.717, 1.165) is 4.47 Å². The molecule has 0 aliphatic rings. The van der Waals surface area contributed by atoms with E-state index in [2.05, 4.69) is 26.3 Å². The normalized spacial score (nSPS) is 10.7. The van der Waals surface area contributed by atoms with Crippen molar-refractivity contribution in [3.8, 4) is 0 Å². The van der Waals surface area contributed by atoms with Crippen LogP contribution in [0.25, 0.3) is 10.8 Å². The molecule has 0 saturated heterocycles. The minimum Gasteiger partial charge on any atom is -0.326 e. The highest BCUT2D eigenvalue weighted by Gasteiger charge is 2.09. The molecular weight excluding hydrogens is 374 g/mol. The van der Waals surface area contributed by atoms with Crippen LogP contribution in [0, 0.1) is 0 Å². The van der Waals surface area contributed by atoms with Crippen molar-refractivity contribution < 1.29 is 4.79 Å². The lowest BCUT2D eigenvalue weighted by molar-refractivity contribution is -0.116. The van der Waals surface area contributed by atoms with Gasteiger partial charge in [0.05, 0.1) is 17.3 Å². The lowest BCUT2D eigenvalue weighted by atomic mass is 10.2. The summed E-state index contributed by atoms with van der Waals surface area (Å²) in [6.07, 6.45) is 0.0701. The fourth-order valence-corrected chi connectivity index (χ4v) is 2.81. The number of hydrogen-bond donors (Lipinski definition) is 2. The molecule has 0 aliphatic carbocycles. The smallest absolute Gasteiger partial charge is 0.273 e. The number of aromatic nitrogens is 2. The van der Waals surface area contributed by atoms with E-state index >= 15 is 0 Å². The number of halogens is 1. The summed E-state index contributed by atoms with van der Waals surface area (Å²) in [5.74, 6) is -0.242. The highest BCUT2D eigenvalue weighted by Crippen LogP contribution is 2.15. The number of aryl methyl sites for hydroxylation is 1. The molecular formula is C17H14BrN3O3. The predicted molar refractivity (Wildman–Crippen MR) is 96.2 cm³/mol. The number of nitrogens with zero attached hydrogens (tertiary/aromatic N) is 1. The summed E-state index contributed by atoms with van der Waals surface area (Å²) in [4.78, 5) is 36.4. The molecule has 2 N–H and O–H groups in total. The molecule has 7 heteroatoms. The van der Waals surface area contributed by atoms with Crippen LogP contribution in [0.2, 0.25) is 0 Å². The molecule has 1 amide bonds. The minimum atomic E-state index is -0.349. The molecule has 3 rings (SSSR count). The van der Waals surface area contributed by atoms with Gasteiger partial charge in [0.1, 0.15) is 0 Å². The van der Waals surface area contributed by atoms with Crippen molar-refractivity contribution >= 4 is 38.3 Å². The fraction of sp³-hybridized carbons (Fsp3) is 0.118. The number of rotatable bonds is 4. The van der Waals surface area contributed by atoms with Gasteiger partial charge in [-0.05, 0) is 30.3 Å². The van der Waals surface area contributed by atoms with Crippen LogP contribution in [-0.2, 0) is 11.3 Å². The topological polar surface area (TPSA) is 84.0 Å².